The highest BCUT2D eigenvalue weighted by atomic mass is 79.9. The number of hydrogen-bond acceptors (Lipinski definition) is 1. The van der Waals surface area contributed by atoms with E-state index in [0.717, 1.165) is 54.6 Å². The van der Waals surface area contributed by atoms with Crippen LogP contribution < -0.4 is 4.74 Å². The zero-order valence-corrected chi connectivity index (χ0v) is 24.1. The van der Waals surface area contributed by atoms with Crippen molar-refractivity contribution in [1.29, 1.82) is 0 Å². The number of ether oxygens (including phenoxy) is 1. The van der Waals surface area contributed by atoms with E-state index in [-0.39, 0.29) is 0 Å². The summed E-state index contributed by atoms with van der Waals surface area (Å²) in [7, 11) is 0. The molecule has 0 fully saturated rings. The maximum Gasteiger partial charge on any atom is 0.133 e. The van der Waals surface area contributed by atoms with E-state index in [0.29, 0.717) is 5.02 Å². The lowest BCUT2D eigenvalue weighted by molar-refractivity contribution is 0.437. The number of para-hydroxylation sites is 1. The molecular formula is C37H21BrClNO. The molecule has 0 saturated heterocycles. The summed E-state index contributed by atoms with van der Waals surface area (Å²) in [4.78, 5) is 0. The molecule has 2 heterocycles. The van der Waals surface area contributed by atoms with Gasteiger partial charge in [0.15, 0.2) is 0 Å². The summed E-state index contributed by atoms with van der Waals surface area (Å²) >= 11 is 10.3. The first-order valence-corrected chi connectivity index (χ1v) is 14.8. The molecular weight excluding hydrogens is 590 g/mol. The van der Waals surface area contributed by atoms with Gasteiger partial charge >= 0.3 is 0 Å². The minimum atomic E-state index is -0.527. The Labute approximate surface area is 250 Å². The van der Waals surface area contributed by atoms with Crippen LogP contribution in [0.4, 0.5) is 0 Å². The first-order chi connectivity index (χ1) is 20.1. The second-order valence-electron chi connectivity index (χ2n) is 10.8. The topological polar surface area (TPSA) is 14.2 Å². The summed E-state index contributed by atoms with van der Waals surface area (Å²) in [6.07, 6.45) is 0. The summed E-state index contributed by atoms with van der Waals surface area (Å²) < 4.78 is 10.1. The van der Waals surface area contributed by atoms with E-state index in [9.17, 15) is 0 Å². The minimum absolute atomic E-state index is 0.527. The largest absolute Gasteiger partial charge is 0.457 e. The van der Waals surface area contributed by atoms with Crippen molar-refractivity contribution >= 4 is 49.3 Å². The quantitative estimate of drug-likeness (QED) is 0.180. The van der Waals surface area contributed by atoms with Crippen LogP contribution in [-0.4, -0.2) is 4.57 Å². The first kappa shape index (κ1) is 23.4. The highest BCUT2D eigenvalue weighted by molar-refractivity contribution is 9.10. The Bertz CT molecular complexity index is 2170. The van der Waals surface area contributed by atoms with E-state index in [1.165, 1.54) is 22.3 Å². The van der Waals surface area contributed by atoms with Crippen LogP contribution in [0, 0.1) is 0 Å². The summed E-state index contributed by atoms with van der Waals surface area (Å²) in [5.41, 5.74) is 10.1. The van der Waals surface area contributed by atoms with Crippen LogP contribution in [0.1, 0.15) is 22.3 Å². The Balaban J connectivity index is 1.49. The van der Waals surface area contributed by atoms with Gasteiger partial charge in [0.2, 0.25) is 0 Å². The van der Waals surface area contributed by atoms with Gasteiger partial charge in [-0.3, -0.25) is 0 Å². The number of benzene rings is 6. The molecule has 0 amide bonds. The lowest BCUT2D eigenvalue weighted by atomic mass is 9.66. The van der Waals surface area contributed by atoms with Crippen LogP contribution in [0.25, 0.3) is 38.6 Å². The Hall–Kier alpha value is -4.31. The molecule has 1 aromatic heterocycles. The number of halogens is 2. The van der Waals surface area contributed by atoms with Gasteiger partial charge in [0, 0.05) is 37.1 Å². The minimum Gasteiger partial charge on any atom is -0.457 e. The van der Waals surface area contributed by atoms with Crippen molar-refractivity contribution in [3.63, 3.8) is 0 Å². The molecule has 6 aromatic carbocycles. The van der Waals surface area contributed by atoms with Gasteiger partial charge in [0.05, 0.1) is 16.4 Å². The third-order valence-corrected chi connectivity index (χ3v) is 9.50. The molecule has 0 atom stereocenters. The van der Waals surface area contributed by atoms with Gasteiger partial charge in [-0.15, -0.1) is 0 Å². The summed E-state index contributed by atoms with van der Waals surface area (Å²) in [6, 6.07) is 45.3. The van der Waals surface area contributed by atoms with Crippen molar-refractivity contribution in [2.75, 3.05) is 0 Å². The summed E-state index contributed by atoms with van der Waals surface area (Å²) in [5.74, 6) is 1.74. The molecule has 0 bridgehead atoms. The number of nitrogens with zero attached hydrogens (tertiary/aromatic N) is 1. The third-order valence-electron chi connectivity index (χ3n) is 8.77. The van der Waals surface area contributed by atoms with Crippen LogP contribution in [0.2, 0.25) is 5.02 Å². The number of hydrogen-bond donors (Lipinski definition) is 0. The van der Waals surface area contributed by atoms with E-state index in [1.54, 1.807) is 0 Å². The van der Waals surface area contributed by atoms with Crippen molar-refractivity contribution in [1.82, 2.24) is 4.57 Å². The van der Waals surface area contributed by atoms with Crippen LogP contribution in [0.3, 0.4) is 0 Å². The Kier molecular flexibility index (Phi) is 4.77. The monoisotopic (exact) mass is 609 g/mol. The molecule has 0 N–H and O–H groups in total. The molecule has 0 unspecified atom stereocenters. The second kappa shape index (κ2) is 8.36. The van der Waals surface area contributed by atoms with E-state index >= 15 is 0 Å². The predicted octanol–water partition coefficient (Wildman–Crippen LogP) is 10.7. The maximum absolute atomic E-state index is 6.81. The summed E-state index contributed by atoms with van der Waals surface area (Å²) in [5, 5.41) is 2.99. The van der Waals surface area contributed by atoms with E-state index in [1.807, 2.05) is 6.07 Å². The molecule has 0 radical (unpaired) electrons. The molecule has 0 saturated carbocycles. The molecule has 1 aliphatic carbocycles. The number of aromatic nitrogens is 1. The Morgan fingerprint density at radius 1 is 0.561 bits per heavy atom. The zero-order valence-electron chi connectivity index (χ0n) is 21.7. The molecule has 1 spiro atoms. The fourth-order valence-corrected chi connectivity index (χ4v) is 7.72. The molecule has 9 rings (SSSR count). The lowest BCUT2D eigenvalue weighted by Gasteiger charge is -2.39. The molecule has 7 aromatic rings. The lowest BCUT2D eigenvalue weighted by Crippen LogP contribution is -2.32. The van der Waals surface area contributed by atoms with Gasteiger partial charge in [0.25, 0.3) is 0 Å². The van der Waals surface area contributed by atoms with Crippen molar-refractivity contribution in [3.05, 3.63) is 159 Å². The van der Waals surface area contributed by atoms with E-state index in [4.69, 9.17) is 16.3 Å². The SMILES string of the molecule is Clc1ccc2c3cc4c(cc3n(-c3ccccc3)c2c1)C1(c2ccc(Br)cc2O4)c2ccccc2-c2ccccc21. The molecule has 2 nitrogen and oxygen atoms in total. The van der Waals surface area contributed by atoms with Gasteiger partial charge in [-0.2, -0.15) is 0 Å². The van der Waals surface area contributed by atoms with Crippen molar-refractivity contribution in [3.8, 4) is 28.3 Å². The Morgan fingerprint density at radius 2 is 1.22 bits per heavy atom. The second-order valence-corrected chi connectivity index (χ2v) is 12.1. The maximum atomic E-state index is 6.81. The van der Waals surface area contributed by atoms with Gasteiger partial charge in [0.1, 0.15) is 11.5 Å². The number of fused-ring (bicyclic) bond motifs is 12. The van der Waals surface area contributed by atoms with E-state index < -0.39 is 5.41 Å². The molecule has 2 aliphatic rings. The highest BCUT2D eigenvalue weighted by Gasteiger charge is 2.51. The molecule has 41 heavy (non-hydrogen) atoms. The molecule has 194 valence electrons. The fraction of sp³-hybridized carbons (Fsp3) is 0.0270. The van der Waals surface area contributed by atoms with Crippen LogP contribution in [-0.2, 0) is 5.41 Å². The first-order valence-electron chi connectivity index (χ1n) is 13.7. The van der Waals surface area contributed by atoms with Crippen molar-refractivity contribution in [2.24, 2.45) is 0 Å². The average molecular weight is 611 g/mol. The smallest absolute Gasteiger partial charge is 0.133 e. The van der Waals surface area contributed by atoms with Gasteiger partial charge < -0.3 is 9.30 Å². The zero-order chi connectivity index (χ0) is 27.3. The van der Waals surface area contributed by atoms with Gasteiger partial charge in [-0.05, 0) is 70.8 Å². The molecule has 4 heteroatoms. The summed E-state index contributed by atoms with van der Waals surface area (Å²) in [6.45, 7) is 0. The van der Waals surface area contributed by atoms with Crippen molar-refractivity contribution in [2.45, 2.75) is 5.41 Å². The Morgan fingerprint density at radius 3 is 1.98 bits per heavy atom. The fourth-order valence-electron chi connectivity index (χ4n) is 7.22. The van der Waals surface area contributed by atoms with Gasteiger partial charge in [-0.25, -0.2) is 0 Å². The number of rotatable bonds is 1. The molecule has 1 aliphatic heterocycles. The van der Waals surface area contributed by atoms with Crippen LogP contribution in [0.5, 0.6) is 11.5 Å². The van der Waals surface area contributed by atoms with Crippen LogP contribution in [0.15, 0.2) is 132 Å². The average Bonchev–Trinajstić information content (AvgIpc) is 3.47. The van der Waals surface area contributed by atoms with Crippen LogP contribution >= 0.6 is 27.5 Å². The normalized spacial score (nSPS) is 14.0. The van der Waals surface area contributed by atoms with Gasteiger partial charge in [-0.1, -0.05) is 106 Å². The predicted molar refractivity (Wildman–Crippen MR) is 171 cm³/mol. The van der Waals surface area contributed by atoms with E-state index in [2.05, 4.69) is 142 Å². The van der Waals surface area contributed by atoms with Crippen molar-refractivity contribution < 1.29 is 4.74 Å². The highest BCUT2D eigenvalue weighted by Crippen LogP contribution is 2.62. The standard InChI is InChI=1S/C37H21BrClNO/c38-22-14-17-31-35(18-22)41-36-20-28-27-16-15-23(39)19-33(27)40(24-8-2-1-3-9-24)34(28)21-32(36)37(31)29-12-6-4-10-25(29)26-11-5-7-13-30(26)37/h1-21H. The third kappa shape index (κ3) is 3.03.